The number of anilines is 1. The summed E-state index contributed by atoms with van der Waals surface area (Å²) in [6, 6.07) is 17.9. The molecule has 4 nitrogen and oxygen atoms in total. The van der Waals surface area contributed by atoms with Gasteiger partial charge in [-0.3, -0.25) is 5.01 Å². The minimum absolute atomic E-state index is 0.0162. The maximum absolute atomic E-state index is 13.9. The van der Waals surface area contributed by atoms with Crippen molar-refractivity contribution in [2.24, 2.45) is 5.10 Å². The number of para-hydroxylation sites is 1. The van der Waals surface area contributed by atoms with Crippen LogP contribution in [0.25, 0.3) is 6.08 Å². The number of rotatable bonds is 6. The molecule has 3 aromatic rings. The van der Waals surface area contributed by atoms with Crippen LogP contribution in [0.15, 0.2) is 77.9 Å². The molecule has 0 bridgehead atoms. The number of halogens is 4. The first kappa shape index (κ1) is 23.7. The molecule has 0 N–H and O–H groups in total. The summed E-state index contributed by atoms with van der Waals surface area (Å²) in [5, 5.41) is 5.92. The van der Waals surface area contributed by atoms with E-state index < -0.39 is 17.8 Å². The maximum Gasteiger partial charge on any atom is 0.418 e. The van der Waals surface area contributed by atoms with E-state index in [9.17, 15) is 13.2 Å². The van der Waals surface area contributed by atoms with Crippen molar-refractivity contribution in [1.82, 2.24) is 0 Å². The molecule has 34 heavy (non-hydrogen) atoms. The van der Waals surface area contributed by atoms with Gasteiger partial charge in [0.1, 0.15) is 11.5 Å². The molecule has 0 fully saturated rings. The molecule has 0 unspecified atom stereocenters. The van der Waals surface area contributed by atoms with Gasteiger partial charge >= 0.3 is 6.18 Å². The fourth-order valence-electron chi connectivity index (χ4n) is 3.81. The summed E-state index contributed by atoms with van der Waals surface area (Å²) < 4.78 is 52.0. The lowest BCUT2D eigenvalue weighted by molar-refractivity contribution is -0.137. The van der Waals surface area contributed by atoms with E-state index >= 15 is 0 Å². The fourth-order valence-corrected chi connectivity index (χ4v) is 4.07. The van der Waals surface area contributed by atoms with E-state index in [-0.39, 0.29) is 10.7 Å². The Bertz CT molecular complexity index is 1210. The van der Waals surface area contributed by atoms with E-state index in [0.29, 0.717) is 17.9 Å². The standard InChI is InChI=1S/C26H22ClF3N2O2/c1-33-20-12-7-17(8-13-20)6-11-19-16-24(18-9-14-21(34-2)15-10-18)32(31-19)25-22(26(28,29)30)4-3-5-23(25)27/h3-15,24H,16H2,1-2H3/b11-6+/t24-/m1/s1. The topological polar surface area (TPSA) is 34.1 Å². The van der Waals surface area contributed by atoms with Crippen LogP contribution in [-0.2, 0) is 6.18 Å². The second-order valence-corrected chi connectivity index (χ2v) is 8.08. The third kappa shape index (κ3) is 5.04. The molecule has 0 aromatic heterocycles. The van der Waals surface area contributed by atoms with Crippen molar-refractivity contribution >= 4 is 29.1 Å². The molecule has 3 aromatic carbocycles. The normalized spacial score (nSPS) is 16.1. The first-order chi connectivity index (χ1) is 16.3. The van der Waals surface area contributed by atoms with E-state index in [2.05, 4.69) is 5.10 Å². The Kier molecular flexibility index (Phi) is 6.84. The molecule has 0 amide bonds. The van der Waals surface area contributed by atoms with Crippen LogP contribution >= 0.6 is 11.6 Å². The Balaban J connectivity index is 1.74. The Morgan fingerprint density at radius 2 is 1.53 bits per heavy atom. The van der Waals surface area contributed by atoms with Crippen LogP contribution in [0.5, 0.6) is 11.5 Å². The molecule has 1 heterocycles. The SMILES string of the molecule is COc1ccc(/C=C/C2=NN(c3c(Cl)cccc3C(F)(F)F)[C@@H](c3ccc(OC)cc3)C2)cc1. The van der Waals surface area contributed by atoms with Crippen LogP contribution in [0.3, 0.4) is 0 Å². The zero-order valence-electron chi connectivity index (χ0n) is 18.5. The lowest BCUT2D eigenvalue weighted by atomic mass is 10.00. The monoisotopic (exact) mass is 486 g/mol. The van der Waals surface area contributed by atoms with Gasteiger partial charge in [-0.05, 0) is 53.6 Å². The molecule has 0 saturated heterocycles. The van der Waals surface area contributed by atoms with Gasteiger partial charge in [-0.25, -0.2) is 0 Å². The van der Waals surface area contributed by atoms with Crippen molar-refractivity contribution in [2.45, 2.75) is 18.6 Å². The van der Waals surface area contributed by atoms with Crippen LogP contribution in [-0.4, -0.2) is 19.9 Å². The molecule has 0 spiro atoms. The number of ether oxygens (including phenoxy) is 2. The fraction of sp³-hybridized carbons (Fsp3) is 0.192. The van der Waals surface area contributed by atoms with Crippen molar-refractivity contribution in [3.05, 3.63) is 94.5 Å². The molecule has 176 valence electrons. The van der Waals surface area contributed by atoms with E-state index in [1.54, 1.807) is 26.4 Å². The number of hydrogen-bond acceptors (Lipinski definition) is 4. The molecule has 1 atom stereocenters. The molecular formula is C26H22ClF3N2O2. The van der Waals surface area contributed by atoms with Crippen LogP contribution in [0, 0.1) is 0 Å². The van der Waals surface area contributed by atoms with Gasteiger partial charge in [0.25, 0.3) is 0 Å². The predicted octanol–water partition coefficient (Wildman–Crippen LogP) is 7.40. The van der Waals surface area contributed by atoms with Gasteiger partial charge in [-0.2, -0.15) is 18.3 Å². The van der Waals surface area contributed by atoms with E-state index in [1.165, 1.54) is 17.1 Å². The van der Waals surface area contributed by atoms with Crippen LogP contribution in [0.1, 0.15) is 29.2 Å². The second kappa shape index (κ2) is 9.81. The van der Waals surface area contributed by atoms with Crippen molar-refractivity contribution in [1.29, 1.82) is 0 Å². The molecule has 0 saturated carbocycles. The first-order valence-corrected chi connectivity index (χ1v) is 10.9. The molecule has 4 rings (SSSR count). The second-order valence-electron chi connectivity index (χ2n) is 7.67. The Morgan fingerprint density at radius 3 is 2.12 bits per heavy atom. The molecular weight excluding hydrogens is 465 g/mol. The zero-order chi connectivity index (χ0) is 24.3. The number of hydrazone groups is 1. The van der Waals surface area contributed by atoms with Crippen molar-refractivity contribution in [3.8, 4) is 11.5 Å². The highest BCUT2D eigenvalue weighted by atomic mass is 35.5. The largest absolute Gasteiger partial charge is 0.497 e. The minimum atomic E-state index is -4.58. The van der Waals surface area contributed by atoms with Gasteiger partial charge in [-0.1, -0.05) is 48.0 Å². The number of alkyl halides is 3. The highest BCUT2D eigenvalue weighted by molar-refractivity contribution is 6.33. The van der Waals surface area contributed by atoms with Crippen molar-refractivity contribution in [3.63, 3.8) is 0 Å². The summed E-state index contributed by atoms with van der Waals surface area (Å²) in [7, 11) is 3.15. The lowest BCUT2D eigenvalue weighted by Crippen LogP contribution is -2.22. The predicted molar refractivity (Wildman–Crippen MR) is 129 cm³/mol. The quantitative estimate of drug-likeness (QED) is 0.364. The highest BCUT2D eigenvalue weighted by Crippen LogP contribution is 2.46. The highest BCUT2D eigenvalue weighted by Gasteiger charge is 2.39. The molecule has 0 radical (unpaired) electrons. The van der Waals surface area contributed by atoms with Crippen LogP contribution in [0.4, 0.5) is 18.9 Å². The van der Waals surface area contributed by atoms with E-state index in [0.717, 1.165) is 22.9 Å². The third-order valence-electron chi connectivity index (χ3n) is 5.54. The van der Waals surface area contributed by atoms with Crippen LogP contribution in [0.2, 0.25) is 5.02 Å². The summed E-state index contributed by atoms with van der Waals surface area (Å²) in [6.07, 6.45) is -0.504. The Labute approximate surface area is 200 Å². The Morgan fingerprint density at radius 1 is 0.912 bits per heavy atom. The maximum atomic E-state index is 13.9. The summed E-state index contributed by atoms with van der Waals surface area (Å²) in [5.74, 6) is 1.39. The van der Waals surface area contributed by atoms with Crippen molar-refractivity contribution < 1.29 is 22.6 Å². The van der Waals surface area contributed by atoms with E-state index in [4.69, 9.17) is 21.1 Å². The first-order valence-electron chi connectivity index (χ1n) is 10.5. The van der Waals surface area contributed by atoms with Gasteiger partial charge in [0, 0.05) is 6.42 Å². The van der Waals surface area contributed by atoms with Gasteiger partial charge < -0.3 is 9.47 Å². The third-order valence-corrected chi connectivity index (χ3v) is 5.84. The number of nitrogens with zero attached hydrogens (tertiary/aromatic N) is 2. The smallest absolute Gasteiger partial charge is 0.418 e. The van der Waals surface area contributed by atoms with Crippen LogP contribution < -0.4 is 14.5 Å². The molecule has 1 aliphatic rings. The van der Waals surface area contributed by atoms with Gasteiger partial charge in [0.05, 0.1) is 42.2 Å². The number of benzene rings is 3. The minimum Gasteiger partial charge on any atom is -0.497 e. The lowest BCUT2D eigenvalue weighted by Gasteiger charge is -2.27. The summed E-state index contributed by atoms with van der Waals surface area (Å²) in [6.45, 7) is 0. The van der Waals surface area contributed by atoms with E-state index in [1.807, 2.05) is 48.6 Å². The number of allylic oxidation sites excluding steroid dienone is 1. The summed E-state index contributed by atoms with van der Waals surface area (Å²) in [5.41, 5.74) is 1.35. The van der Waals surface area contributed by atoms with Gasteiger partial charge in [-0.15, -0.1) is 0 Å². The molecule has 8 heteroatoms. The summed E-state index contributed by atoms with van der Waals surface area (Å²) in [4.78, 5) is 0. The van der Waals surface area contributed by atoms with Crippen molar-refractivity contribution in [2.75, 3.05) is 19.2 Å². The number of hydrogen-bond donors (Lipinski definition) is 0. The average molecular weight is 487 g/mol. The van der Waals surface area contributed by atoms with Gasteiger partial charge in [0.15, 0.2) is 0 Å². The number of methoxy groups -OCH3 is 2. The average Bonchev–Trinajstić information content (AvgIpc) is 3.26. The summed E-state index contributed by atoms with van der Waals surface area (Å²) >= 11 is 6.30. The molecule has 1 aliphatic heterocycles. The Hall–Kier alpha value is -3.45. The van der Waals surface area contributed by atoms with Gasteiger partial charge in [0.2, 0.25) is 0 Å². The zero-order valence-corrected chi connectivity index (χ0v) is 19.3. The molecule has 0 aliphatic carbocycles.